The van der Waals surface area contributed by atoms with Gasteiger partial charge in [-0.3, -0.25) is 0 Å². The summed E-state index contributed by atoms with van der Waals surface area (Å²) in [7, 11) is 0. The predicted octanol–water partition coefficient (Wildman–Crippen LogP) is 2.34. The lowest BCUT2D eigenvalue weighted by atomic mass is 10.1. The molecule has 0 saturated heterocycles. The number of nitrogens with two attached hydrogens (primary N) is 1. The highest BCUT2D eigenvalue weighted by atomic mass is 15.1. The molecule has 0 radical (unpaired) electrons. The second-order valence-corrected chi connectivity index (χ2v) is 5.04. The quantitative estimate of drug-likeness (QED) is 0.826. The number of aromatic nitrogens is 2. The molecule has 0 spiro atoms. The van der Waals surface area contributed by atoms with Gasteiger partial charge in [0.2, 0.25) is 0 Å². The van der Waals surface area contributed by atoms with Crippen LogP contribution in [-0.2, 0) is 6.54 Å². The minimum absolute atomic E-state index is 0.0892. The molecule has 84 valence electrons. The molecule has 3 nitrogen and oxygen atoms in total. The molecule has 1 aliphatic rings. The summed E-state index contributed by atoms with van der Waals surface area (Å²) in [6.07, 6.45) is 7.91. The Balaban J connectivity index is 2.01. The summed E-state index contributed by atoms with van der Waals surface area (Å²) in [5, 5.41) is 0. The Morgan fingerprint density at radius 2 is 2.40 bits per heavy atom. The van der Waals surface area contributed by atoms with Crippen LogP contribution in [0.3, 0.4) is 0 Å². The molecule has 0 amide bonds. The van der Waals surface area contributed by atoms with Crippen LogP contribution in [0, 0.1) is 11.8 Å². The van der Waals surface area contributed by atoms with E-state index in [1.165, 1.54) is 19.3 Å². The molecule has 1 aromatic rings. The van der Waals surface area contributed by atoms with E-state index in [4.69, 9.17) is 5.73 Å². The van der Waals surface area contributed by atoms with Crippen molar-refractivity contribution in [3.05, 3.63) is 18.2 Å². The maximum atomic E-state index is 5.90. The summed E-state index contributed by atoms with van der Waals surface area (Å²) in [5.74, 6) is 1.73. The monoisotopic (exact) mass is 207 g/mol. The van der Waals surface area contributed by atoms with E-state index in [1.807, 2.05) is 19.4 Å². The van der Waals surface area contributed by atoms with Crippen molar-refractivity contribution >= 4 is 0 Å². The molecule has 3 atom stereocenters. The van der Waals surface area contributed by atoms with Gasteiger partial charge in [-0.1, -0.05) is 13.3 Å². The van der Waals surface area contributed by atoms with Crippen LogP contribution in [0.5, 0.6) is 0 Å². The van der Waals surface area contributed by atoms with Crippen molar-refractivity contribution < 1.29 is 0 Å². The summed E-state index contributed by atoms with van der Waals surface area (Å²) in [6.45, 7) is 5.46. The Labute approximate surface area is 91.7 Å². The van der Waals surface area contributed by atoms with Crippen LogP contribution in [0.1, 0.15) is 44.8 Å². The van der Waals surface area contributed by atoms with E-state index in [2.05, 4.69) is 16.5 Å². The molecule has 2 N–H and O–H groups in total. The van der Waals surface area contributed by atoms with Crippen molar-refractivity contribution in [3.8, 4) is 0 Å². The second-order valence-electron chi connectivity index (χ2n) is 5.04. The van der Waals surface area contributed by atoms with E-state index in [0.717, 1.165) is 24.1 Å². The van der Waals surface area contributed by atoms with Crippen molar-refractivity contribution in [2.75, 3.05) is 0 Å². The standard InChI is InChI=1S/C12H21N3/c1-9-3-4-11(5-9)7-15-8-14-6-12(15)10(2)13/h6,8-11H,3-5,7,13H2,1-2H3/t9?,10-,11?/m1/s1. The van der Waals surface area contributed by atoms with E-state index >= 15 is 0 Å². The first-order valence-electron chi connectivity index (χ1n) is 5.92. The van der Waals surface area contributed by atoms with Gasteiger partial charge in [0, 0.05) is 18.8 Å². The molecule has 1 heterocycles. The van der Waals surface area contributed by atoms with Crippen LogP contribution in [0.25, 0.3) is 0 Å². The first kappa shape index (κ1) is 10.7. The maximum Gasteiger partial charge on any atom is 0.0948 e. The molecule has 2 unspecified atom stereocenters. The van der Waals surface area contributed by atoms with Crippen molar-refractivity contribution in [3.63, 3.8) is 0 Å². The Morgan fingerprint density at radius 1 is 1.60 bits per heavy atom. The van der Waals surface area contributed by atoms with Crippen molar-refractivity contribution in [1.29, 1.82) is 0 Å². The van der Waals surface area contributed by atoms with E-state index in [0.29, 0.717) is 0 Å². The van der Waals surface area contributed by atoms with Gasteiger partial charge in [0.25, 0.3) is 0 Å². The summed E-state index contributed by atoms with van der Waals surface area (Å²) in [6, 6.07) is 0.0892. The van der Waals surface area contributed by atoms with Gasteiger partial charge in [0.1, 0.15) is 0 Å². The van der Waals surface area contributed by atoms with E-state index in [-0.39, 0.29) is 6.04 Å². The predicted molar refractivity (Wildman–Crippen MR) is 61.3 cm³/mol. The lowest BCUT2D eigenvalue weighted by Gasteiger charge is -2.15. The zero-order chi connectivity index (χ0) is 10.8. The molecule has 2 rings (SSSR count). The maximum absolute atomic E-state index is 5.90. The third kappa shape index (κ3) is 2.40. The molecule has 0 bridgehead atoms. The smallest absolute Gasteiger partial charge is 0.0948 e. The van der Waals surface area contributed by atoms with Gasteiger partial charge >= 0.3 is 0 Å². The van der Waals surface area contributed by atoms with Crippen molar-refractivity contribution in [2.45, 2.75) is 45.7 Å². The van der Waals surface area contributed by atoms with Gasteiger partial charge in [-0.15, -0.1) is 0 Å². The van der Waals surface area contributed by atoms with Gasteiger partial charge < -0.3 is 10.3 Å². The molecule has 0 aliphatic heterocycles. The molecule has 3 heteroatoms. The third-order valence-corrected chi connectivity index (χ3v) is 3.47. The Bertz CT molecular complexity index is 316. The minimum atomic E-state index is 0.0892. The fourth-order valence-corrected chi connectivity index (χ4v) is 2.63. The Morgan fingerprint density at radius 3 is 3.00 bits per heavy atom. The number of imidazole rings is 1. The number of hydrogen-bond acceptors (Lipinski definition) is 2. The lowest BCUT2D eigenvalue weighted by molar-refractivity contribution is 0.429. The molecular weight excluding hydrogens is 186 g/mol. The fraction of sp³-hybridized carbons (Fsp3) is 0.750. The van der Waals surface area contributed by atoms with Crippen LogP contribution in [0.15, 0.2) is 12.5 Å². The normalized spacial score (nSPS) is 28.2. The molecule has 1 saturated carbocycles. The van der Waals surface area contributed by atoms with Gasteiger partial charge in [0.05, 0.1) is 12.0 Å². The van der Waals surface area contributed by atoms with E-state index in [1.54, 1.807) is 0 Å². The highest BCUT2D eigenvalue weighted by Gasteiger charge is 2.22. The molecule has 1 fully saturated rings. The Hall–Kier alpha value is -0.830. The third-order valence-electron chi connectivity index (χ3n) is 3.47. The summed E-state index contributed by atoms with van der Waals surface area (Å²) >= 11 is 0. The topological polar surface area (TPSA) is 43.8 Å². The largest absolute Gasteiger partial charge is 0.333 e. The van der Waals surface area contributed by atoms with Crippen LogP contribution in [0.4, 0.5) is 0 Å². The van der Waals surface area contributed by atoms with Crippen molar-refractivity contribution in [2.24, 2.45) is 17.6 Å². The van der Waals surface area contributed by atoms with Crippen LogP contribution in [0.2, 0.25) is 0 Å². The highest BCUT2D eigenvalue weighted by Crippen LogP contribution is 2.31. The average molecular weight is 207 g/mol. The number of nitrogens with zero attached hydrogens (tertiary/aromatic N) is 2. The van der Waals surface area contributed by atoms with Gasteiger partial charge in [-0.2, -0.15) is 0 Å². The zero-order valence-electron chi connectivity index (χ0n) is 9.69. The van der Waals surface area contributed by atoms with Gasteiger partial charge in [-0.25, -0.2) is 4.98 Å². The SMILES string of the molecule is CC1CCC(Cn2cncc2[C@@H](C)N)C1. The fourth-order valence-electron chi connectivity index (χ4n) is 2.63. The van der Waals surface area contributed by atoms with Gasteiger partial charge in [0.15, 0.2) is 0 Å². The summed E-state index contributed by atoms with van der Waals surface area (Å²) in [5.41, 5.74) is 7.06. The summed E-state index contributed by atoms with van der Waals surface area (Å²) in [4.78, 5) is 4.19. The Kier molecular flexibility index (Phi) is 3.10. The summed E-state index contributed by atoms with van der Waals surface area (Å²) < 4.78 is 2.23. The average Bonchev–Trinajstić information content (AvgIpc) is 2.75. The number of hydrogen-bond donors (Lipinski definition) is 1. The molecular formula is C12H21N3. The molecule has 1 aromatic heterocycles. The first-order chi connectivity index (χ1) is 7.16. The molecule has 0 aromatic carbocycles. The van der Waals surface area contributed by atoms with Crippen LogP contribution < -0.4 is 5.73 Å². The zero-order valence-corrected chi connectivity index (χ0v) is 9.69. The molecule has 1 aliphatic carbocycles. The van der Waals surface area contributed by atoms with Crippen LogP contribution >= 0.6 is 0 Å². The lowest BCUT2D eigenvalue weighted by Crippen LogP contribution is -2.15. The van der Waals surface area contributed by atoms with Crippen LogP contribution in [-0.4, -0.2) is 9.55 Å². The first-order valence-corrected chi connectivity index (χ1v) is 5.92. The van der Waals surface area contributed by atoms with E-state index in [9.17, 15) is 0 Å². The number of rotatable bonds is 3. The van der Waals surface area contributed by atoms with E-state index < -0.39 is 0 Å². The second kappa shape index (κ2) is 4.35. The van der Waals surface area contributed by atoms with Gasteiger partial charge in [-0.05, 0) is 31.6 Å². The molecule has 15 heavy (non-hydrogen) atoms. The van der Waals surface area contributed by atoms with Crippen molar-refractivity contribution in [1.82, 2.24) is 9.55 Å². The minimum Gasteiger partial charge on any atom is -0.333 e. The highest BCUT2D eigenvalue weighted by molar-refractivity contribution is 5.03.